The highest BCUT2D eigenvalue weighted by Gasteiger charge is 2.15. The number of hydrogen-bond donors (Lipinski definition) is 1. The molecule has 5 nitrogen and oxygen atoms in total. The fourth-order valence-electron chi connectivity index (χ4n) is 1.49. The Hall–Kier alpha value is -1.82. The number of ether oxygens (including phenoxy) is 1. The third-order valence-electron chi connectivity index (χ3n) is 2.37. The van der Waals surface area contributed by atoms with Crippen molar-refractivity contribution >= 4 is 27.6 Å². The summed E-state index contributed by atoms with van der Waals surface area (Å²) in [6.07, 6.45) is 1.56. The van der Waals surface area contributed by atoms with E-state index in [2.05, 4.69) is 21.0 Å². The summed E-state index contributed by atoms with van der Waals surface area (Å²) in [7, 11) is 1.70. The molecule has 0 amide bonds. The molecular formula is C12H12BrN3O2. The minimum absolute atomic E-state index is 0.143. The van der Waals surface area contributed by atoms with Gasteiger partial charge >= 0.3 is 5.97 Å². The first-order chi connectivity index (χ1) is 8.58. The van der Waals surface area contributed by atoms with Crippen LogP contribution in [-0.4, -0.2) is 15.7 Å². The summed E-state index contributed by atoms with van der Waals surface area (Å²) >= 11 is 3.39. The Balaban J connectivity index is 2.05. The Kier molecular flexibility index (Phi) is 3.66. The molecule has 1 heterocycles. The number of carbonyl (C=O) groups is 1. The van der Waals surface area contributed by atoms with Gasteiger partial charge in [-0.2, -0.15) is 5.10 Å². The number of nitrogens with two attached hydrogens (primary N) is 1. The van der Waals surface area contributed by atoms with E-state index in [-0.39, 0.29) is 12.3 Å². The van der Waals surface area contributed by atoms with Crippen LogP contribution in [-0.2, 0) is 18.4 Å². The minimum atomic E-state index is -0.524. The van der Waals surface area contributed by atoms with Crippen LogP contribution >= 0.6 is 15.9 Å². The monoisotopic (exact) mass is 309 g/mol. The number of nitrogen functional groups attached to an aromatic ring is 1. The molecule has 0 saturated heterocycles. The number of aromatic nitrogens is 2. The molecule has 2 rings (SSSR count). The molecule has 0 unspecified atom stereocenters. The average molecular weight is 310 g/mol. The summed E-state index contributed by atoms with van der Waals surface area (Å²) in [6.45, 7) is 0.177. The van der Waals surface area contributed by atoms with Gasteiger partial charge in [0.1, 0.15) is 6.61 Å². The summed E-state index contributed by atoms with van der Waals surface area (Å²) in [6, 6.07) is 7.53. The molecule has 0 atom stereocenters. The lowest BCUT2D eigenvalue weighted by atomic mass is 10.2. The third kappa shape index (κ3) is 2.70. The van der Waals surface area contributed by atoms with Gasteiger partial charge in [0.2, 0.25) is 0 Å². The fraction of sp³-hybridized carbons (Fsp3) is 0.167. The molecule has 0 aliphatic carbocycles. The van der Waals surface area contributed by atoms with E-state index in [0.717, 1.165) is 10.0 Å². The molecule has 0 fully saturated rings. The largest absolute Gasteiger partial charge is 0.456 e. The second kappa shape index (κ2) is 5.22. The van der Waals surface area contributed by atoms with E-state index in [4.69, 9.17) is 10.5 Å². The van der Waals surface area contributed by atoms with Gasteiger partial charge in [-0.1, -0.05) is 34.1 Å². The molecule has 94 valence electrons. The zero-order valence-corrected chi connectivity index (χ0v) is 11.3. The quantitative estimate of drug-likeness (QED) is 0.882. The molecule has 18 heavy (non-hydrogen) atoms. The molecular weight excluding hydrogens is 298 g/mol. The highest BCUT2D eigenvalue weighted by molar-refractivity contribution is 9.10. The van der Waals surface area contributed by atoms with Crippen LogP contribution in [0.25, 0.3) is 0 Å². The highest BCUT2D eigenvalue weighted by atomic mass is 79.9. The summed E-state index contributed by atoms with van der Waals surface area (Å²) in [5.74, 6) is -0.524. The van der Waals surface area contributed by atoms with Crippen molar-refractivity contribution in [1.82, 2.24) is 9.78 Å². The number of anilines is 1. The van der Waals surface area contributed by atoms with Crippen LogP contribution in [0.4, 0.5) is 5.69 Å². The molecule has 0 aliphatic heterocycles. The van der Waals surface area contributed by atoms with Gasteiger partial charge in [-0.05, 0) is 6.07 Å². The normalized spacial score (nSPS) is 10.3. The lowest BCUT2D eigenvalue weighted by Crippen LogP contribution is -2.09. The number of nitrogens with zero attached hydrogens (tertiary/aromatic N) is 2. The highest BCUT2D eigenvalue weighted by Crippen LogP contribution is 2.18. The maximum absolute atomic E-state index is 11.8. The third-order valence-corrected chi connectivity index (χ3v) is 3.14. The van der Waals surface area contributed by atoms with Gasteiger partial charge in [-0.15, -0.1) is 0 Å². The predicted octanol–water partition coefficient (Wildman–Crippen LogP) is 2.12. The average Bonchev–Trinajstić information content (AvgIpc) is 2.67. The van der Waals surface area contributed by atoms with Gasteiger partial charge < -0.3 is 10.5 Å². The van der Waals surface area contributed by atoms with Crippen molar-refractivity contribution in [1.29, 1.82) is 0 Å². The number of halogens is 1. The van der Waals surface area contributed by atoms with Gasteiger partial charge in [-0.25, -0.2) is 4.79 Å². The predicted molar refractivity (Wildman–Crippen MR) is 70.9 cm³/mol. The standard InChI is InChI=1S/C12H12BrN3O2/c1-16-6-10(14)11(15-16)12(17)18-7-8-4-2-3-5-9(8)13/h2-6H,7,14H2,1H3. The van der Waals surface area contributed by atoms with Crippen molar-refractivity contribution in [3.05, 3.63) is 46.2 Å². The topological polar surface area (TPSA) is 70.1 Å². The van der Waals surface area contributed by atoms with E-state index >= 15 is 0 Å². The van der Waals surface area contributed by atoms with E-state index < -0.39 is 5.97 Å². The van der Waals surface area contributed by atoms with Crippen LogP contribution in [0.1, 0.15) is 16.1 Å². The van der Waals surface area contributed by atoms with Crippen molar-refractivity contribution in [2.45, 2.75) is 6.61 Å². The maximum Gasteiger partial charge on any atom is 0.361 e. The van der Waals surface area contributed by atoms with Crippen molar-refractivity contribution < 1.29 is 9.53 Å². The van der Waals surface area contributed by atoms with E-state index in [1.54, 1.807) is 13.2 Å². The van der Waals surface area contributed by atoms with Crippen LogP contribution in [0, 0.1) is 0 Å². The number of benzene rings is 1. The zero-order chi connectivity index (χ0) is 13.1. The summed E-state index contributed by atoms with van der Waals surface area (Å²) in [4.78, 5) is 11.8. The Morgan fingerprint density at radius 1 is 1.50 bits per heavy atom. The van der Waals surface area contributed by atoms with Crippen LogP contribution in [0.5, 0.6) is 0 Å². The van der Waals surface area contributed by atoms with Crippen LogP contribution in [0.15, 0.2) is 34.9 Å². The van der Waals surface area contributed by atoms with E-state index in [1.165, 1.54) is 4.68 Å². The summed E-state index contributed by atoms with van der Waals surface area (Å²) in [5, 5.41) is 3.95. The van der Waals surface area contributed by atoms with Gasteiger partial charge in [0, 0.05) is 23.3 Å². The molecule has 0 bridgehead atoms. The first-order valence-corrected chi connectivity index (χ1v) is 6.07. The molecule has 0 spiro atoms. The number of aryl methyl sites for hydroxylation is 1. The van der Waals surface area contributed by atoms with Gasteiger partial charge in [-0.3, -0.25) is 4.68 Å². The first kappa shape index (κ1) is 12.6. The Morgan fingerprint density at radius 3 is 2.83 bits per heavy atom. The number of hydrogen-bond acceptors (Lipinski definition) is 4. The number of rotatable bonds is 3. The molecule has 0 saturated carbocycles. The van der Waals surface area contributed by atoms with Crippen molar-refractivity contribution in [3.8, 4) is 0 Å². The molecule has 1 aromatic heterocycles. The zero-order valence-electron chi connectivity index (χ0n) is 9.76. The van der Waals surface area contributed by atoms with Crippen LogP contribution in [0.2, 0.25) is 0 Å². The minimum Gasteiger partial charge on any atom is -0.456 e. The van der Waals surface area contributed by atoms with Crippen molar-refractivity contribution in [3.63, 3.8) is 0 Å². The Bertz CT molecular complexity index is 580. The van der Waals surface area contributed by atoms with Gasteiger partial charge in [0.25, 0.3) is 0 Å². The Labute approximate surface area is 113 Å². The van der Waals surface area contributed by atoms with Crippen LogP contribution < -0.4 is 5.73 Å². The SMILES string of the molecule is Cn1cc(N)c(C(=O)OCc2ccccc2Br)n1. The van der Waals surface area contributed by atoms with Crippen LogP contribution in [0.3, 0.4) is 0 Å². The first-order valence-electron chi connectivity index (χ1n) is 5.27. The van der Waals surface area contributed by atoms with E-state index in [0.29, 0.717) is 5.69 Å². The van der Waals surface area contributed by atoms with Gasteiger partial charge in [0.05, 0.1) is 5.69 Å². The number of carbonyl (C=O) groups excluding carboxylic acids is 1. The Morgan fingerprint density at radius 2 is 2.22 bits per heavy atom. The number of esters is 1. The molecule has 2 N–H and O–H groups in total. The second-order valence-electron chi connectivity index (χ2n) is 3.77. The molecule has 2 aromatic rings. The lowest BCUT2D eigenvalue weighted by molar-refractivity contribution is 0.0465. The van der Waals surface area contributed by atoms with Crippen molar-refractivity contribution in [2.75, 3.05) is 5.73 Å². The maximum atomic E-state index is 11.8. The van der Waals surface area contributed by atoms with E-state index in [1.807, 2.05) is 24.3 Å². The summed E-state index contributed by atoms with van der Waals surface area (Å²) < 4.78 is 7.54. The molecule has 0 aliphatic rings. The second-order valence-corrected chi connectivity index (χ2v) is 4.63. The van der Waals surface area contributed by atoms with Crippen molar-refractivity contribution in [2.24, 2.45) is 7.05 Å². The smallest absolute Gasteiger partial charge is 0.361 e. The molecule has 0 radical (unpaired) electrons. The molecule has 6 heteroatoms. The van der Waals surface area contributed by atoms with E-state index in [9.17, 15) is 4.79 Å². The van der Waals surface area contributed by atoms with Gasteiger partial charge in [0.15, 0.2) is 5.69 Å². The summed E-state index contributed by atoms with van der Waals surface area (Å²) in [5.41, 5.74) is 6.99. The lowest BCUT2D eigenvalue weighted by Gasteiger charge is -2.05. The fourth-order valence-corrected chi connectivity index (χ4v) is 1.89. The molecule has 1 aromatic carbocycles.